The Morgan fingerprint density at radius 2 is 2.12 bits per heavy atom. The van der Waals surface area contributed by atoms with E-state index in [0.717, 1.165) is 5.56 Å². The summed E-state index contributed by atoms with van der Waals surface area (Å²) in [6, 6.07) is 7.33. The van der Waals surface area contributed by atoms with Gasteiger partial charge in [-0.1, -0.05) is 23.7 Å². The van der Waals surface area contributed by atoms with Gasteiger partial charge in [0.05, 0.1) is 0 Å². The molecule has 1 heterocycles. The molecule has 0 saturated carbocycles. The van der Waals surface area contributed by atoms with E-state index >= 15 is 0 Å². The fourth-order valence-corrected chi connectivity index (χ4v) is 2.21. The van der Waals surface area contributed by atoms with Crippen LogP contribution in [-0.2, 0) is 6.54 Å². The topological polar surface area (TPSA) is 44.9 Å². The second-order valence-corrected chi connectivity index (χ2v) is 5.35. The Kier molecular flexibility index (Phi) is 3.93. The monoisotopic (exact) mass is 284 g/mol. The van der Waals surface area contributed by atoms with E-state index in [1.165, 1.54) is 11.3 Å². The molecule has 0 saturated heterocycles. The number of hydrogen-bond donors (Lipinski definition) is 2. The van der Waals surface area contributed by atoms with Gasteiger partial charge in [0.1, 0.15) is 5.69 Å². The van der Waals surface area contributed by atoms with Gasteiger partial charge in [-0.3, -0.25) is 4.79 Å². The molecule has 2 aromatic rings. The van der Waals surface area contributed by atoms with Gasteiger partial charge in [0, 0.05) is 16.9 Å². The third-order valence-corrected chi connectivity index (χ3v) is 3.44. The molecule has 0 bridgehead atoms. The number of aromatic amines is 1. The van der Waals surface area contributed by atoms with Crippen molar-refractivity contribution in [2.24, 2.45) is 0 Å². The number of nitrogens with one attached hydrogen (secondary N) is 2. The molecule has 0 aliphatic rings. The highest BCUT2D eigenvalue weighted by atomic mass is 35.5. The van der Waals surface area contributed by atoms with E-state index in [4.69, 9.17) is 23.8 Å². The first kappa shape index (κ1) is 12.3. The van der Waals surface area contributed by atoms with Crippen molar-refractivity contribution in [2.45, 2.75) is 6.54 Å². The Labute approximate surface area is 112 Å². The smallest absolute Gasteiger partial charge is 0.268 e. The molecule has 0 spiro atoms. The molecule has 0 aliphatic carbocycles. The maximum atomic E-state index is 11.7. The third-order valence-electron chi connectivity index (χ3n) is 2.13. The fraction of sp³-hybridized carbons (Fsp3) is 0.0909. The van der Waals surface area contributed by atoms with Crippen molar-refractivity contribution in [2.75, 3.05) is 0 Å². The number of halogens is 1. The van der Waals surface area contributed by atoms with Crippen molar-refractivity contribution >= 4 is 41.1 Å². The van der Waals surface area contributed by atoms with Crippen molar-refractivity contribution in [3.05, 3.63) is 49.9 Å². The Hall–Kier alpha value is -1.17. The van der Waals surface area contributed by atoms with Gasteiger partial charge in [0.15, 0.2) is 3.95 Å². The molecule has 3 nitrogen and oxygen atoms in total. The SMILES string of the molecule is O=C(NCc1ccc(Cl)cc1)c1csc(=S)[nH]1. The summed E-state index contributed by atoms with van der Waals surface area (Å²) < 4.78 is 0.599. The Morgan fingerprint density at radius 3 is 2.71 bits per heavy atom. The first-order valence-electron chi connectivity index (χ1n) is 4.85. The Bertz CT molecular complexity index is 574. The molecule has 1 aromatic heterocycles. The van der Waals surface area contributed by atoms with Gasteiger partial charge in [-0.25, -0.2) is 0 Å². The van der Waals surface area contributed by atoms with E-state index in [-0.39, 0.29) is 5.91 Å². The molecule has 0 aliphatic heterocycles. The summed E-state index contributed by atoms with van der Waals surface area (Å²) >= 11 is 12.0. The second kappa shape index (κ2) is 5.44. The molecule has 1 aromatic carbocycles. The summed E-state index contributed by atoms with van der Waals surface area (Å²) in [6.07, 6.45) is 0. The summed E-state index contributed by atoms with van der Waals surface area (Å²) in [5.74, 6) is -0.160. The lowest BCUT2D eigenvalue weighted by molar-refractivity contribution is 0.0946. The van der Waals surface area contributed by atoms with E-state index in [9.17, 15) is 4.79 Å². The van der Waals surface area contributed by atoms with Gasteiger partial charge >= 0.3 is 0 Å². The molecular formula is C11H9ClN2OS2. The highest BCUT2D eigenvalue weighted by molar-refractivity contribution is 7.73. The Morgan fingerprint density at radius 1 is 1.41 bits per heavy atom. The first-order valence-corrected chi connectivity index (χ1v) is 6.52. The van der Waals surface area contributed by atoms with Crippen LogP contribution in [0.25, 0.3) is 0 Å². The number of aromatic nitrogens is 1. The predicted molar refractivity (Wildman–Crippen MR) is 72.1 cm³/mol. The van der Waals surface area contributed by atoms with E-state index in [2.05, 4.69) is 10.3 Å². The van der Waals surface area contributed by atoms with Crippen LogP contribution in [0.5, 0.6) is 0 Å². The van der Waals surface area contributed by atoms with Crippen LogP contribution in [0.4, 0.5) is 0 Å². The minimum Gasteiger partial charge on any atom is -0.347 e. The van der Waals surface area contributed by atoms with Gasteiger partial charge in [-0.05, 0) is 29.9 Å². The quantitative estimate of drug-likeness (QED) is 0.849. The van der Waals surface area contributed by atoms with Crippen LogP contribution in [0.2, 0.25) is 5.02 Å². The number of carbonyl (C=O) groups excluding carboxylic acids is 1. The van der Waals surface area contributed by atoms with Crippen LogP contribution >= 0.6 is 35.2 Å². The lowest BCUT2D eigenvalue weighted by atomic mass is 10.2. The van der Waals surface area contributed by atoms with Gasteiger partial charge < -0.3 is 10.3 Å². The summed E-state index contributed by atoms with van der Waals surface area (Å²) in [4.78, 5) is 14.5. The second-order valence-electron chi connectivity index (χ2n) is 3.37. The summed E-state index contributed by atoms with van der Waals surface area (Å²) in [7, 11) is 0. The molecule has 88 valence electrons. The maximum Gasteiger partial charge on any atom is 0.268 e. The number of H-pyrrole nitrogens is 1. The van der Waals surface area contributed by atoms with Crippen LogP contribution < -0.4 is 5.32 Å². The molecule has 2 N–H and O–H groups in total. The minimum absolute atomic E-state index is 0.160. The van der Waals surface area contributed by atoms with E-state index < -0.39 is 0 Å². The maximum absolute atomic E-state index is 11.7. The zero-order valence-electron chi connectivity index (χ0n) is 8.70. The largest absolute Gasteiger partial charge is 0.347 e. The van der Waals surface area contributed by atoms with Crippen LogP contribution in [0.3, 0.4) is 0 Å². The predicted octanol–water partition coefficient (Wildman–Crippen LogP) is 3.39. The molecule has 2 rings (SSSR count). The molecule has 0 radical (unpaired) electrons. The molecule has 17 heavy (non-hydrogen) atoms. The van der Waals surface area contributed by atoms with Gasteiger partial charge in [0.25, 0.3) is 5.91 Å². The Balaban J connectivity index is 1.96. The standard InChI is InChI=1S/C11H9ClN2OS2/c12-8-3-1-7(2-4-8)5-13-10(15)9-6-17-11(16)14-9/h1-4,6H,5H2,(H,13,15)(H,14,16). The number of hydrogen-bond acceptors (Lipinski definition) is 3. The molecule has 6 heteroatoms. The highest BCUT2D eigenvalue weighted by Crippen LogP contribution is 2.09. The summed E-state index contributed by atoms with van der Waals surface area (Å²) in [5, 5.41) is 5.19. The van der Waals surface area contributed by atoms with Crippen LogP contribution in [0, 0.1) is 3.95 Å². The number of benzene rings is 1. The summed E-state index contributed by atoms with van der Waals surface area (Å²) in [5.41, 5.74) is 1.49. The zero-order chi connectivity index (χ0) is 12.3. The van der Waals surface area contributed by atoms with Crippen molar-refractivity contribution in [1.29, 1.82) is 0 Å². The average Bonchev–Trinajstić information content (AvgIpc) is 2.75. The molecule has 0 atom stereocenters. The van der Waals surface area contributed by atoms with Crippen LogP contribution in [-0.4, -0.2) is 10.9 Å². The molecule has 1 amide bonds. The molecule has 0 fully saturated rings. The normalized spacial score (nSPS) is 10.2. The average molecular weight is 285 g/mol. The van der Waals surface area contributed by atoms with Crippen LogP contribution in [0.1, 0.15) is 16.1 Å². The van der Waals surface area contributed by atoms with Crippen LogP contribution in [0.15, 0.2) is 29.6 Å². The number of thiazole rings is 1. The van der Waals surface area contributed by atoms with Crippen molar-refractivity contribution in [1.82, 2.24) is 10.3 Å². The van der Waals surface area contributed by atoms with E-state index in [1.807, 2.05) is 12.1 Å². The van der Waals surface area contributed by atoms with Gasteiger partial charge in [-0.2, -0.15) is 0 Å². The fourth-order valence-electron chi connectivity index (χ4n) is 1.27. The minimum atomic E-state index is -0.160. The lowest BCUT2D eigenvalue weighted by Crippen LogP contribution is -2.22. The molecule has 0 unspecified atom stereocenters. The first-order chi connectivity index (χ1) is 8.15. The summed E-state index contributed by atoms with van der Waals surface area (Å²) in [6.45, 7) is 0.465. The number of rotatable bonds is 3. The van der Waals surface area contributed by atoms with E-state index in [1.54, 1.807) is 17.5 Å². The third kappa shape index (κ3) is 3.39. The van der Waals surface area contributed by atoms with E-state index in [0.29, 0.717) is 21.2 Å². The lowest BCUT2D eigenvalue weighted by Gasteiger charge is -2.03. The zero-order valence-corrected chi connectivity index (χ0v) is 11.1. The van der Waals surface area contributed by atoms with Gasteiger partial charge in [0.2, 0.25) is 0 Å². The van der Waals surface area contributed by atoms with Crippen molar-refractivity contribution in [3.8, 4) is 0 Å². The number of carbonyl (C=O) groups is 1. The van der Waals surface area contributed by atoms with Crippen molar-refractivity contribution < 1.29 is 4.79 Å². The number of amides is 1. The van der Waals surface area contributed by atoms with Crippen molar-refractivity contribution in [3.63, 3.8) is 0 Å². The molecular weight excluding hydrogens is 276 g/mol. The highest BCUT2D eigenvalue weighted by Gasteiger charge is 2.06. The van der Waals surface area contributed by atoms with Gasteiger partial charge in [-0.15, -0.1) is 11.3 Å².